The fourth-order valence-electron chi connectivity index (χ4n) is 6.51. The van der Waals surface area contributed by atoms with E-state index in [4.69, 9.17) is 4.74 Å². The first-order valence-electron chi connectivity index (χ1n) is 11.3. The number of carbonyl (C=O) groups is 1. The van der Waals surface area contributed by atoms with Gasteiger partial charge in [-0.3, -0.25) is 4.79 Å². The first kappa shape index (κ1) is 21.3. The number of carbonyl (C=O) groups excluding carboxylic acids is 1. The van der Waals surface area contributed by atoms with Crippen LogP contribution in [0.15, 0.2) is 65.8 Å². The molecule has 0 heterocycles. The van der Waals surface area contributed by atoms with E-state index >= 15 is 0 Å². The summed E-state index contributed by atoms with van der Waals surface area (Å²) in [6.45, 7) is 0. The van der Waals surface area contributed by atoms with Gasteiger partial charge in [0.1, 0.15) is 5.75 Å². The number of benzene rings is 2. The topological polar surface area (TPSA) is 72.5 Å². The highest BCUT2D eigenvalue weighted by Gasteiger charge is 2.51. The summed E-state index contributed by atoms with van der Waals surface area (Å²) in [7, 11) is -3.33. The van der Waals surface area contributed by atoms with Gasteiger partial charge in [0.2, 0.25) is 0 Å². The summed E-state index contributed by atoms with van der Waals surface area (Å²) in [4.78, 5) is 12.3. The molecule has 4 saturated carbocycles. The third-order valence-electron chi connectivity index (χ3n) is 7.46. The summed E-state index contributed by atoms with van der Waals surface area (Å²) < 4.78 is 28.9. The van der Waals surface area contributed by atoms with Crippen LogP contribution in [-0.4, -0.2) is 20.6 Å². The normalized spacial score (nSPS) is 28.7. The molecule has 6 rings (SSSR count). The first-order chi connectivity index (χ1) is 15.3. The molecule has 5 nitrogen and oxygen atoms in total. The van der Waals surface area contributed by atoms with Crippen LogP contribution in [0.2, 0.25) is 0 Å². The van der Waals surface area contributed by atoms with Crippen LogP contribution < -0.4 is 10.1 Å². The van der Waals surface area contributed by atoms with E-state index in [1.165, 1.54) is 68.6 Å². The molecule has 4 aliphatic carbocycles. The molecule has 32 heavy (non-hydrogen) atoms. The van der Waals surface area contributed by atoms with E-state index in [-0.39, 0.29) is 10.8 Å². The van der Waals surface area contributed by atoms with Crippen molar-refractivity contribution in [2.45, 2.75) is 48.8 Å². The zero-order valence-electron chi connectivity index (χ0n) is 18.3. The predicted molar refractivity (Wildman–Crippen MR) is 124 cm³/mol. The smallest absolute Gasteiger partial charge is 0.251 e. The molecule has 2 aromatic rings. The quantitative estimate of drug-likeness (QED) is 0.491. The summed E-state index contributed by atoms with van der Waals surface area (Å²) >= 11 is 0. The molecular formula is C26H29NO4S. The predicted octanol–water partition coefficient (Wildman–Crippen LogP) is 5.09. The third kappa shape index (κ3) is 4.33. The Morgan fingerprint density at radius 2 is 1.62 bits per heavy atom. The molecule has 2 aromatic carbocycles. The van der Waals surface area contributed by atoms with Crippen molar-refractivity contribution in [1.82, 2.24) is 0 Å². The standard InChI is InChI=1S/C26H29NO4S/c1-32(29,30)24-4-2-3-22(14-24)27-25(28)9-10-31-23-7-5-21(6-8-23)26-15-18-11-19(16-26)13-20(12-18)17-26/h2-10,14,18-20H,11-13,15-17H2,1H3,(H,27,28)/b10-9+. The number of ether oxygens (including phenoxy) is 1. The van der Waals surface area contributed by atoms with E-state index in [0.29, 0.717) is 16.9 Å². The molecule has 0 unspecified atom stereocenters. The number of nitrogens with one attached hydrogen (secondary N) is 1. The van der Waals surface area contributed by atoms with Crippen molar-refractivity contribution in [2.75, 3.05) is 11.6 Å². The molecule has 1 amide bonds. The van der Waals surface area contributed by atoms with Gasteiger partial charge in [-0.05, 0) is 97.6 Å². The summed E-state index contributed by atoms with van der Waals surface area (Å²) in [6.07, 6.45) is 12.1. The van der Waals surface area contributed by atoms with Crippen molar-refractivity contribution in [3.63, 3.8) is 0 Å². The fourth-order valence-corrected chi connectivity index (χ4v) is 7.18. The number of anilines is 1. The van der Waals surface area contributed by atoms with Gasteiger partial charge in [-0.1, -0.05) is 18.2 Å². The number of hydrogen-bond acceptors (Lipinski definition) is 4. The molecule has 0 atom stereocenters. The summed E-state index contributed by atoms with van der Waals surface area (Å²) in [5.41, 5.74) is 2.22. The lowest BCUT2D eigenvalue weighted by Gasteiger charge is -2.57. The fraction of sp³-hybridized carbons (Fsp3) is 0.423. The molecular weight excluding hydrogens is 422 g/mol. The van der Waals surface area contributed by atoms with E-state index in [9.17, 15) is 13.2 Å². The average molecular weight is 452 g/mol. The van der Waals surface area contributed by atoms with Crippen LogP contribution in [0.1, 0.15) is 44.1 Å². The van der Waals surface area contributed by atoms with Crippen LogP contribution in [-0.2, 0) is 20.0 Å². The Hall–Kier alpha value is -2.60. The van der Waals surface area contributed by atoms with Gasteiger partial charge in [0.25, 0.3) is 5.91 Å². The average Bonchev–Trinajstić information content (AvgIpc) is 2.73. The molecule has 0 saturated heterocycles. The molecule has 4 bridgehead atoms. The molecule has 6 heteroatoms. The van der Waals surface area contributed by atoms with Gasteiger partial charge in [0.15, 0.2) is 9.84 Å². The Balaban J connectivity index is 1.19. The third-order valence-corrected chi connectivity index (χ3v) is 8.57. The van der Waals surface area contributed by atoms with Crippen LogP contribution in [0.5, 0.6) is 5.75 Å². The monoisotopic (exact) mass is 451 g/mol. The molecule has 4 fully saturated rings. The minimum absolute atomic E-state index is 0.162. The van der Waals surface area contributed by atoms with Gasteiger partial charge in [0.05, 0.1) is 11.2 Å². The van der Waals surface area contributed by atoms with Crippen LogP contribution in [0.25, 0.3) is 0 Å². The minimum Gasteiger partial charge on any atom is -0.465 e. The van der Waals surface area contributed by atoms with Gasteiger partial charge in [0, 0.05) is 18.0 Å². The molecule has 0 aromatic heterocycles. The zero-order valence-corrected chi connectivity index (χ0v) is 19.1. The first-order valence-corrected chi connectivity index (χ1v) is 13.2. The van der Waals surface area contributed by atoms with E-state index < -0.39 is 9.84 Å². The van der Waals surface area contributed by atoms with Crippen molar-refractivity contribution in [3.8, 4) is 5.75 Å². The van der Waals surface area contributed by atoms with Crippen molar-refractivity contribution < 1.29 is 17.9 Å². The molecule has 4 aliphatic rings. The second-order valence-corrected chi connectivity index (χ2v) is 11.9. The maximum absolute atomic E-state index is 12.1. The van der Waals surface area contributed by atoms with Crippen LogP contribution in [0.3, 0.4) is 0 Å². The number of sulfone groups is 1. The molecule has 168 valence electrons. The summed E-state index contributed by atoms with van der Waals surface area (Å²) in [5.74, 6) is 3.05. The lowest BCUT2D eigenvalue weighted by molar-refractivity contribution is -0.112. The SMILES string of the molecule is CS(=O)(=O)c1cccc(NC(=O)/C=C/Oc2ccc(C34CC5CC(CC(C5)C3)C4)cc2)c1. The minimum atomic E-state index is -3.33. The lowest BCUT2D eigenvalue weighted by Crippen LogP contribution is -2.48. The Bertz CT molecular complexity index is 1120. The number of hydrogen-bond donors (Lipinski definition) is 1. The lowest BCUT2D eigenvalue weighted by atomic mass is 9.48. The Morgan fingerprint density at radius 3 is 2.22 bits per heavy atom. The maximum atomic E-state index is 12.1. The van der Waals surface area contributed by atoms with Gasteiger partial charge in [-0.15, -0.1) is 0 Å². The number of rotatable bonds is 6. The molecule has 0 aliphatic heterocycles. The second-order valence-electron chi connectivity index (χ2n) is 9.93. The largest absolute Gasteiger partial charge is 0.465 e. The second kappa shape index (κ2) is 8.07. The van der Waals surface area contributed by atoms with Crippen molar-refractivity contribution in [1.29, 1.82) is 0 Å². The Morgan fingerprint density at radius 1 is 1.00 bits per heavy atom. The van der Waals surface area contributed by atoms with E-state index in [0.717, 1.165) is 24.0 Å². The van der Waals surface area contributed by atoms with Crippen molar-refractivity contribution in [2.24, 2.45) is 17.8 Å². The van der Waals surface area contributed by atoms with Crippen molar-refractivity contribution in [3.05, 3.63) is 66.4 Å². The molecule has 1 N–H and O–H groups in total. The summed E-state index contributed by atoms with van der Waals surface area (Å²) in [5, 5.41) is 2.65. The zero-order chi connectivity index (χ0) is 22.3. The highest BCUT2D eigenvalue weighted by Crippen LogP contribution is 2.60. The van der Waals surface area contributed by atoms with Gasteiger partial charge < -0.3 is 10.1 Å². The molecule has 0 spiro atoms. The van der Waals surface area contributed by atoms with Crippen LogP contribution in [0.4, 0.5) is 5.69 Å². The van der Waals surface area contributed by atoms with Crippen LogP contribution in [0, 0.1) is 17.8 Å². The highest BCUT2D eigenvalue weighted by molar-refractivity contribution is 7.90. The van der Waals surface area contributed by atoms with E-state index in [1.807, 2.05) is 12.1 Å². The van der Waals surface area contributed by atoms with Gasteiger partial charge in [-0.25, -0.2) is 8.42 Å². The van der Waals surface area contributed by atoms with E-state index in [2.05, 4.69) is 17.4 Å². The van der Waals surface area contributed by atoms with Crippen LogP contribution >= 0.6 is 0 Å². The Labute approximate surface area is 189 Å². The summed E-state index contributed by atoms with van der Waals surface area (Å²) in [6, 6.07) is 14.6. The van der Waals surface area contributed by atoms with Crippen molar-refractivity contribution >= 4 is 21.4 Å². The van der Waals surface area contributed by atoms with Gasteiger partial charge >= 0.3 is 0 Å². The van der Waals surface area contributed by atoms with E-state index in [1.54, 1.807) is 12.1 Å². The Kier molecular flexibility index (Phi) is 5.36. The number of amides is 1. The maximum Gasteiger partial charge on any atom is 0.251 e. The molecule has 0 radical (unpaired) electrons. The van der Waals surface area contributed by atoms with Gasteiger partial charge in [-0.2, -0.15) is 0 Å². The highest BCUT2D eigenvalue weighted by atomic mass is 32.2.